The molecule has 2 heterocycles. The molecule has 2 fully saturated rings. The Morgan fingerprint density at radius 1 is 1.26 bits per heavy atom. The summed E-state index contributed by atoms with van der Waals surface area (Å²) in [7, 11) is 0. The molecule has 1 amide bonds. The van der Waals surface area contributed by atoms with E-state index in [1.165, 1.54) is 0 Å². The first-order valence-electron chi connectivity index (χ1n) is 6.64. The molecule has 0 aromatic heterocycles. The van der Waals surface area contributed by atoms with E-state index >= 15 is 0 Å². The van der Waals surface area contributed by atoms with Gasteiger partial charge >= 0.3 is 6.18 Å². The quantitative estimate of drug-likeness (QED) is 0.838. The molecule has 2 aliphatic heterocycles. The highest BCUT2D eigenvalue weighted by Crippen LogP contribution is 2.24. The zero-order chi connectivity index (χ0) is 14.0. The van der Waals surface area contributed by atoms with E-state index < -0.39 is 12.3 Å². The van der Waals surface area contributed by atoms with Gasteiger partial charge in [0.1, 0.15) is 0 Å². The van der Waals surface area contributed by atoms with Crippen LogP contribution < -0.4 is 0 Å². The van der Waals surface area contributed by atoms with E-state index in [1.54, 1.807) is 4.90 Å². The second-order valence-electron chi connectivity index (χ2n) is 5.28. The molecule has 110 valence electrons. The Hall–Kier alpha value is -0.820. The molecule has 2 rings (SSSR count). The fourth-order valence-electron chi connectivity index (χ4n) is 2.82. The summed E-state index contributed by atoms with van der Waals surface area (Å²) in [5.41, 5.74) is 0. The van der Waals surface area contributed by atoms with Crippen molar-refractivity contribution < 1.29 is 23.1 Å². The number of carbonyl (C=O) groups excluding carboxylic acids is 1. The lowest BCUT2D eigenvalue weighted by Gasteiger charge is -2.37. The van der Waals surface area contributed by atoms with Gasteiger partial charge in [-0.3, -0.25) is 4.79 Å². The SMILES string of the molecule is O=C1CCCN1C1CCN(CC(O)C(F)(F)F)CC1. The van der Waals surface area contributed by atoms with E-state index in [2.05, 4.69) is 0 Å². The number of rotatable bonds is 3. The van der Waals surface area contributed by atoms with Crippen LogP contribution in [0.25, 0.3) is 0 Å². The van der Waals surface area contributed by atoms with Crippen molar-refractivity contribution in [1.29, 1.82) is 0 Å². The number of hydrogen-bond acceptors (Lipinski definition) is 3. The lowest BCUT2D eigenvalue weighted by molar-refractivity contribution is -0.208. The molecule has 2 saturated heterocycles. The highest BCUT2D eigenvalue weighted by atomic mass is 19.4. The Morgan fingerprint density at radius 2 is 1.89 bits per heavy atom. The molecule has 19 heavy (non-hydrogen) atoms. The summed E-state index contributed by atoms with van der Waals surface area (Å²) >= 11 is 0. The van der Waals surface area contributed by atoms with E-state index in [4.69, 9.17) is 5.11 Å². The molecule has 7 heteroatoms. The van der Waals surface area contributed by atoms with Gasteiger partial charge in [-0.2, -0.15) is 13.2 Å². The number of β-amino-alcohol motifs (C(OH)–C–C–N with tert-alkyl or cyclic N) is 1. The number of aliphatic hydroxyl groups excluding tert-OH is 1. The van der Waals surface area contributed by atoms with Crippen molar-refractivity contribution >= 4 is 5.91 Å². The van der Waals surface area contributed by atoms with Crippen molar-refractivity contribution in [1.82, 2.24) is 9.80 Å². The Balaban J connectivity index is 1.78. The molecule has 0 aromatic rings. The van der Waals surface area contributed by atoms with E-state index in [9.17, 15) is 18.0 Å². The van der Waals surface area contributed by atoms with Crippen molar-refractivity contribution in [2.24, 2.45) is 0 Å². The number of likely N-dealkylation sites (tertiary alicyclic amines) is 2. The second-order valence-corrected chi connectivity index (χ2v) is 5.28. The number of halogens is 3. The van der Waals surface area contributed by atoms with Gasteiger partial charge in [0.2, 0.25) is 5.91 Å². The predicted molar refractivity (Wildman–Crippen MR) is 62.5 cm³/mol. The first-order valence-corrected chi connectivity index (χ1v) is 6.64. The van der Waals surface area contributed by atoms with Crippen LogP contribution in [0.5, 0.6) is 0 Å². The average molecular weight is 280 g/mol. The van der Waals surface area contributed by atoms with Crippen LogP contribution in [-0.4, -0.2) is 65.3 Å². The van der Waals surface area contributed by atoms with Gasteiger partial charge in [0.05, 0.1) is 0 Å². The molecule has 4 nitrogen and oxygen atoms in total. The number of amides is 1. The van der Waals surface area contributed by atoms with Crippen LogP contribution in [0.3, 0.4) is 0 Å². The van der Waals surface area contributed by atoms with E-state index in [-0.39, 0.29) is 18.5 Å². The van der Waals surface area contributed by atoms with Crippen molar-refractivity contribution in [2.45, 2.75) is 44.0 Å². The van der Waals surface area contributed by atoms with Crippen LogP contribution in [0.4, 0.5) is 13.2 Å². The van der Waals surface area contributed by atoms with Gasteiger partial charge in [-0.15, -0.1) is 0 Å². The molecule has 1 atom stereocenters. The Morgan fingerprint density at radius 3 is 2.37 bits per heavy atom. The molecule has 0 radical (unpaired) electrons. The number of piperidine rings is 1. The third-order valence-electron chi connectivity index (χ3n) is 3.92. The second kappa shape index (κ2) is 5.66. The van der Waals surface area contributed by atoms with Crippen LogP contribution in [0.1, 0.15) is 25.7 Å². The van der Waals surface area contributed by atoms with Gasteiger partial charge in [0.15, 0.2) is 6.10 Å². The molecule has 0 spiro atoms. The summed E-state index contributed by atoms with van der Waals surface area (Å²) in [5, 5.41) is 9.03. The third-order valence-corrected chi connectivity index (χ3v) is 3.92. The molecule has 0 aromatic carbocycles. The predicted octanol–water partition coefficient (Wildman–Crippen LogP) is 0.996. The first kappa shape index (κ1) is 14.6. The summed E-state index contributed by atoms with van der Waals surface area (Å²) in [6.45, 7) is 1.40. The van der Waals surface area contributed by atoms with Crippen molar-refractivity contribution in [3.05, 3.63) is 0 Å². The molecule has 2 aliphatic rings. The minimum absolute atomic E-state index is 0.161. The number of alkyl halides is 3. The van der Waals surface area contributed by atoms with E-state index in [1.807, 2.05) is 4.90 Å². The average Bonchev–Trinajstić information content (AvgIpc) is 2.75. The summed E-state index contributed by atoms with van der Waals surface area (Å²) in [4.78, 5) is 15.1. The minimum atomic E-state index is -4.55. The standard InChI is InChI=1S/C12H19F3N2O2/c13-12(14,15)10(18)8-16-6-3-9(4-7-16)17-5-1-2-11(17)19/h9-10,18H,1-8H2. The summed E-state index contributed by atoms with van der Waals surface area (Å²) in [6, 6.07) is 0.161. The maximum Gasteiger partial charge on any atom is 0.415 e. The Kier molecular flexibility index (Phi) is 4.35. The molecule has 1 N–H and O–H groups in total. The zero-order valence-electron chi connectivity index (χ0n) is 10.7. The molecular weight excluding hydrogens is 261 g/mol. The van der Waals surface area contributed by atoms with Crippen molar-refractivity contribution in [3.63, 3.8) is 0 Å². The smallest absolute Gasteiger partial charge is 0.382 e. The molecule has 0 aliphatic carbocycles. The van der Waals surface area contributed by atoms with Gasteiger partial charge in [-0.1, -0.05) is 0 Å². The first-order chi connectivity index (χ1) is 8.88. The van der Waals surface area contributed by atoms with Gasteiger partial charge in [0, 0.05) is 38.6 Å². The Bertz CT molecular complexity index is 327. The third kappa shape index (κ3) is 3.60. The fourth-order valence-corrected chi connectivity index (χ4v) is 2.82. The summed E-state index contributed by atoms with van der Waals surface area (Å²) in [6.07, 6.45) is -3.98. The molecule has 0 bridgehead atoms. The monoisotopic (exact) mass is 280 g/mol. The van der Waals surface area contributed by atoms with Crippen LogP contribution in [0.2, 0.25) is 0 Å². The summed E-state index contributed by atoms with van der Waals surface area (Å²) in [5.74, 6) is 0.161. The maximum absolute atomic E-state index is 12.2. The molecular formula is C12H19F3N2O2. The van der Waals surface area contributed by atoms with Crippen molar-refractivity contribution in [2.75, 3.05) is 26.2 Å². The van der Waals surface area contributed by atoms with Gasteiger partial charge < -0.3 is 14.9 Å². The lowest BCUT2D eigenvalue weighted by Crippen LogP contribution is -2.49. The number of aliphatic hydroxyl groups is 1. The van der Waals surface area contributed by atoms with Gasteiger partial charge in [-0.05, 0) is 19.3 Å². The number of hydrogen-bond donors (Lipinski definition) is 1. The maximum atomic E-state index is 12.2. The zero-order valence-corrected chi connectivity index (χ0v) is 10.7. The van der Waals surface area contributed by atoms with Gasteiger partial charge in [-0.25, -0.2) is 0 Å². The van der Waals surface area contributed by atoms with Crippen molar-refractivity contribution in [3.8, 4) is 0 Å². The normalized spacial score (nSPS) is 25.1. The fraction of sp³-hybridized carbons (Fsp3) is 0.917. The van der Waals surface area contributed by atoms with Crippen LogP contribution in [0.15, 0.2) is 0 Å². The van der Waals surface area contributed by atoms with Gasteiger partial charge in [0.25, 0.3) is 0 Å². The Labute approximate surface area is 110 Å². The van der Waals surface area contributed by atoms with E-state index in [0.29, 0.717) is 32.4 Å². The number of nitrogens with zero attached hydrogens (tertiary/aromatic N) is 2. The largest absolute Gasteiger partial charge is 0.415 e. The van der Waals surface area contributed by atoms with Crippen LogP contribution in [0, 0.1) is 0 Å². The highest BCUT2D eigenvalue weighted by molar-refractivity contribution is 5.78. The molecule has 1 unspecified atom stereocenters. The number of carbonyl (C=O) groups is 1. The van der Waals surface area contributed by atoms with E-state index in [0.717, 1.165) is 13.0 Å². The lowest BCUT2D eigenvalue weighted by atomic mass is 10.0. The topological polar surface area (TPSA) is 43.8 Å². The summed E-state index contributed by atoms with van der Waals surface area (Å²) < 4.78 is 36.7. The van der Waals surface area contributed by atoms with Crippen LogP contribution >= 0.6 is 0 Å². The highest BCUT2D eigenvalue weighted by Gasteiger charge is 2.40. The molecule has 0 saturated carbocycles. The van der Waals surface area contributed by atoms with Crippen LogP contribution in [-0.2, 0) is 4.79 Å². The minimum Gasteiger partial charge on any atom is -0.382 e.